The molecule has 1 fully saturated rings. The molecule has 0 radical (unpaired) electrons. The maximum absolute atomic E-state index is 11.4. The summed E-state index contributed by atoms with van der Waals surface area (Å²) in [7, 11) is 0. The molecular formula is C17H30O3. The van der Waals surface area contributed by atoms with E-state index in [-0.39, 0.29) is 5.97 Å². The van der Waals surface area contributed by atoms with E-state index < -0.39 is 12.2 Å². The van der Waals surface area contributed by atoms with Gasteiger partial charge in [0.05, 0.1) is 5.57 Å². The number of carbonyl (C=O) groups excluding carboxylic acids is 1. The minimum atomic E-state index is -0.735. The largest absolute Gasteiger partial charge is 0.456 e. The summed E-state index contributed by atoms with van der Waals surface area (Å²) in [5.41, 5.74) is 0.456. The third kappa shape index (κ3) is 6.08. The second-order valence-corrected chi connectivity index (χ2v) is 5.83. The Labute approximate surface area is 123 Å². The average Bonchev–Trinajstić information content (AvgIpc) is 2.67. The Bertz CT molecular complexity index is 309. The van der Waals surface area contributed by atoms with Gasteiger partial charge in [-0.25, -0.2) is 4.79 Å². The Kier molecular flexibility index (Phi) is 8.59. The number of aliphatic hydroxyl groups excluding tert-OH is 1. The van der Waals surface area contributed by atoms with Crippen molar-refractivity contribution in [2.75, 3.05) is 0 Å². The molecule has 0 unspecified atom stereocenters. The molecule has 116 valence electrons. The smallest absolute Gasteiger partial charge is 0.336 e. The molecule has 1 saturated heterocycles. The molecule has 1 heterocycles. The highest BCUT2D eigenvalue weighted by molar-refractivity contribution is 5.92. The van der Waals surface area contributed by atoms with Crippen molar-refractivity contribution in [3.63, 3.8) is 0 Å². The Balaban J connectivity index is 2.01. The van der Waals surface area contributed by atoms with Gasteiger partial charge in [-0.15, -0.1) is 0 Å². The molecule has 0 saturated carbocycles. The lowest BCUT2D eigenvalue weighted by Crippen LogP contribution is -2.17. The zero-order valence-corrected chi connectivity index (χ0v) is 13.1. The maximum Gasteiger partial charge on any atom is 0.336 e. The molecule has 1 aliphatic rings. The first kappa shape index (κ1) is 17.2. The molecule has 0 aliphatic carbocycles. The van der Waals surface area contributed by atoms with E-state index in [1.54, 1.807) is 6.92 Å². The SMILES string of the molecule is CCCCCCCCCCC/C=C1\C(=O)O[C@H](C)[C@H]1O. The predicted octanol–water partition coefficient (Wildman–Crippen LogP) is 4.14. The molecule has 3 nitrogen and oxygen atoms in total. The van der Waals surface area contributed by atoms with E-state index in [0.717, 1.165) is 12.8 Å². The predicted molar refractivity (Wildman–Crippen MR) is 81.5 cm³/mol. The van der Waals surface area contributed by atoms with Crippen molar-refractivity contribution in [1.29, 1.82) is 0 Å². The van der Waals surface area contributed by atoms with Gasteiger partial charge in [0.25, 0.3) is 0 Å². The Morgan fingerprint density at radius 2 is 1.60 bits per heavy atom. The fourth-order valence-electron chi connectivity index (χ4n) is 2.59. The number of esters is 1. The second-order valence-electron chi connectivity index (χ2n) is 5.83. The molecule has 0 amide bonds. The van der Waals surface area contributed by atoms with E-state index in [9.17, 15) is 9.90 Å². The summed E-state index contributed by atoms with van der Waals surface area (Å²) in [4.78, 5) is 11.4. The van der Waals surface area contributed by atoms with Crippen LogP contribution in [0.4, 0.5) is 0 Å². The Hall–Kier alpha value is -0.830. The monoisotopic (exact) mass is 282 g/mol. The van der Waals surface area contributed by atoms with Crippen LogP contribution in [-0.2, 0) is 9.53 Å². The van der Waals surface area contributed by atoms with Crippen molar-refractivity contribution < 1.29 is 14.6 Å². The van der Waals surface area contributed by atoms with Crippen molar-refractivity contribution in [3.8, 4) is 0 Å². The van der Waals surface area contributed by atoms with Crippen molar-refractivity contribution in [3.05, 3.63) is 11.6 Å². The molecule has 3 heteroatoms. The first-order chi connectivity index (χ1) is 9.66. The van der Waals surface area contributed by atoms with Crippen molar-refractivity contribution in [1.82, 2.24) is 0 Å². The molecule has 1 rings (SSSR count). The summed E-state index contributed by atoms with van der Waals surface area (Å²) in [5, 5.41) is 9.76. The lowest BCUT2D eigenvalue weighted by Gasteiger charge is -2.04. The number of rotatable bonds is 10. The van der Waals surface area contributed by atoms with Crippen LogP contribution in [0.15, 0.2) is 11.6 Å². The number of cyclic esters (lactones) is 1. The van der Waals surface area contributed by atoms with E-state index in [1.807, 2.05) is 6.08 Å². The van der Waals surface area contributed by atoms with Crippen LogP contribution < -0.4 is 0 Å². The molecular weight excluding hydrogens is 252 g/mol. The average molecular weight is 282 g/mol. The molecule has 1 N–H and O–H groups in total. The molecule has 0 aromatic heterocycles. The van der Waals surface area contributed by atoms with Gasteiger partial charge in [0, 0.05) is 0 Å². The molecule has 0 aromatic carbocycles. The van der Waals surface area contributed by atoms with E-state index >= 15 is 0 Å². The highest BCUT2D eigenvalue weighted by Gasteiger charge is 2.34. The Morgan fingerprint density at radius 3 is 2.10 bits per heavy atom. The van der Waals surface area contributed by atoms with Gasteiger partial charge < -0.3 is 9.84 Å². The zero-order valence-electron chi connectivity index (χ0n) is 13.1. The van der Waals surface area contributed by atoms with E-state index in [4.69, 9.17) is 4.74 Å². The highest BCUT2D eigenvalue weighted by Crippen LogP contribution is 2.22. The third-order valence-electron chi connectivity index (χ3n) is 3.96. The van der Waals surface area contributed by atoms with Crippen molar-refractivity contribution in [2.45, 2.75) is 90.3 Å². The number of unbranched alkanes of at least 4 members (excludes halogenated alkanes) is 9. The maximum atomic E-state index is 11.4. The van der Waals surface area contributed by atoms with Crippen LogP contribution >= 0.6 is 0 Å². The van der Waals surface area contributed by atoms with Crippen molar-refractivity contribution >= 4 is 5.97 Å². The minimum absolute atomic E-state index is 0.346. The quantitative estimate of drug-likeness (QED) is 0.372. The first-order valence-corrected chi connectivity index (χ1v) is 8.26. The zero-order chi connectivity index (χ0) is 14.8. The van der Waals surface area contributed by atoms with Crippen LogP contribution in [-0.4, -0.2) is 23.3 Å². The fraction of sp³-hybridized carbons (Fsp3) is 0.824. The summed E-state index contributed by atoms with van der Waals surface area (Å²) in [6, 6.07) is 0. The molecule has 0 aromatic rings. The standard InChI is InChI=1S/C17H30O3/c1-3-4-5-6-7-8-9-10-11-12-13-15-16(18)14(2)20-17(15)19/h13-14,16,18H,3-12H2,1-2H3/b15-13-/t14-,16-/m1/s1. The first-order valence-electron chi connectivity index (χ1n) is 8.26. The topological polar surface area (TPSA) is 46.5 Å². The van der Waals surface area contributed by atoms with Crippen LogP contribution in [0.3, 0.4) is 0 Å². The van der Waals surface area contributed by atoms with Crippen LogP contribution in [0.1, 0.15) is 78.1 Å². The van der Waals surface area contributed by atoms with Crippen molar-refractivity contribution in [2.24, 2.45) is 0 Å². The number of hydrogen-bond acceptors (Lipinski definition) is 3. The van der Waals surface area contributed by atoms with Gasteiger partial charge in [0.2, 0.25) is 0 Å². The Morgan fingerprint density at radius 1 is 1.05 bits per heavy atom. The number of aliphatic hydroxyl groups is 1. The van der Waals surface area contributed by atoms with Gasteiger partial charge in [-0.1, -0.05) is 64.4 Å². The number of carbonyl (C=O) groups is 1. The van der Waals surface area contributed by atoms with Gasteiger partial charge in [-0.05, 0) is 19.8 Å². The summed E-state index contributed by atoms with van der Waals surface area (Å²) in [5.74, 6) is -0.346. The summed E-state index contributed by atoms with van der Waals surface area (Å²) >= 11 is 0. The van der Waals surface area contributed by atoms with Crippen LogP contribution in [0, 0.1) is 0 Å². The van der Waals surface area contributed by atoms with Gasteiger partial charge in [0.15, 0.2) is 0 Å². The summed E-state index contributed by atoms with van der Waals surface area (Å²) < 4.78 is 4.97. The lowest BCUT2D eigenvalue weighted by molar-refractivity contribution is -0.138. The molecule has 0 bridgehead atoms. The summed E-state index contributed by atoms with van der Waals surface area (Å²) in [6.45, 7) is 3.97. The molecule has 2 atom stereocenters. The van der Waals surface area contributed by atoms with Gasteiger partial charge >= 0.3 is 5.97 Å². The van der Waals surface area contributed by atoms with Crippen LogP contribution in [0.25, 0.3) is 0 Å². The van der Waals surface area contributed by atoms with Gasteiger partial charge in [0.1, 0.15) is 12.2 Å². The lowest BCUT2D eigenvalue weighted by atomic mass is 10.0. The number of hydrogen-bond donors (Lipinski definition) is 1. The van der Waals surface area contributed by atoms with E-state index in [2.05, 4.69) is 6.92 Å². The van der Waals surface area contributed by atoms with E-state index in [0.29, 0.717) is 5.57 Å². The number of allylic oxidation sites excluding steroid dienone is 1. The molecule has 0 spiro atoms. The molecule has 1 aliphatic heterocycles. The van der Waals surface area contributed by atoms with E-state index in [1.165, 1.54) is 51.4 Å². The second kappa shape index (κ2) is 9.98. The fourth-order valence-corrected chi connectivity index (χ4v) is 2.59. The number of ether oxygens (including phenoxy) is 1. The molecule has 20 heavy (non-hydrogen) atoms. The van der Waals surface area contributed by atoms with Crippen LogP contribution in [0.2, 0.25) is 0 Å². The van der Waals surface area contributed by atoms with Crippen LogP contribution in [0.5, 0.6) is 0 Å². The highest BCUT2D eigenvalue weighted by atomic mass is 16.6. The minimum Gasteiger partial charge on any atom is -0.456 e. The van der Waals surface area contributed by atoms with Gasteiger partial charge in [-0.3, -0.25) is 0 Å². The summed E-state index contributed by atoms with van der Waals surface area (Å²) in [6.07, 6.45) is 13.3. The van der Waals surface area contributed by atoms with Gasteiger partial charge in [-0.2, -0.15) is 0 Å². The third-order valence-corrected chi connectivity index (χ3v) is 3.96. The normalized spacial score (nSPS) is 24.4.